The molecule has 3 rings (SSSR count). The van der Waals surface area contributed by atoms with E-state index >= 15 is 0 Å². The average molecular weight is 391 g/mol. The molecule has 3 N–H and O–H groups in total. The fraction of sp³-hybridized carbons (Fsp3) is 0.176. The van der Waals surface area contributed by atoms with Crippen LogP contribution in [0.2, 0.25) is 0 Å². The molecule has 0 aliphatic heterocycles. The molecule has 1 heterocycles. The predicted octanol–water partition coefficient (Wildman–Crippen LogP) is 2.82. The Morgan fingerprint density at radius 2 is 2.00 bits per heavy atom. The van der Waals surface area contributed by atoms with Crippen LogP contribution in [0, 0.1) is 13.8 Å². The largest absolute Gasteiger partial charge is 0.431 e. The molecule has 0 unspecified atom stereocenters. The molecule has 9 heteroatoms. The maximum atomic E-state index is 12.2. The van der Waals surface area contributed by atoms with E-state index in [4.69, 9.17) is 9.56 Å². The van der Waals surface area contributed by atoms with Gasteiger partial charge in [-0.15, -0.1) is 0 Å². The molecule has 0 aliphatic rings. The monoisotopic (exact) mass is 391 g/mol. The molecule has 26 heavy (non-hydrogen) atoms. The molecule has 0 spiro atoms. The predicted molar refractivity (Wildman–Crippen MR) is 101 cm³/mol. The number of hydrogen-bond acceptors (Lipinski definition) is 6. The number of sulfonamides is 1. The van der Waals surface area contributed by atoms with E-state index in [0.29, 0.717) is 16.5 Å². The van der Waals surface area contributed by atoms with Crippen molar-refractivity contribution >= 4 is 44.5 Å². The lowest BCUT2D eigenvalue weighted by atomic mass is 10.1. The first-order valence-corrected chi connectivity index (χ1v) is 10.2. The van der Waals surface area contributed by atoms with E-state index in [1.807, 2.05) is 18.2 Å². The minimum Gasteiger partial charge on any atom is -0.431 e. The van der Waals surface area contributed by atoms with Gasteiger partial charge in [0.25, 0.3) is 5.22 Å². The molecule has 0 fully saturated rings. The average Bonchev–Trinajstić information content (AvgIpc) is 2.99. The number of carbonyl (C=O) groups is 1. The molecule has 0 saturated carbocycles. The Hall–Kier alpha value is -2.36. The summed E-state index contributed by atoms with van der Waals surface area (Å²) in [6.07, 6.45) is 0. The van der Waals surface area contributed by atoms with E-state index in [1.54, 1.807) is 19.9 Å². The quantitative estimate of drug-likeness (QED) is 0.646. The molecule has 2 aromatic carbocycles. The SMILES string of the molecule is Cc1cc(S(N)(=O)=O)cc(NC(=O)CSc2nc3ccccc3o2)c1C. The number of aryl methyl sites for hydroxylation is 1. The summed E-state index contributed by atoms with van der Waals surface area (Å²) in [5, 5.41) is 8.30. The van der Waals surface area contributed by atoms with Crippen molar-refractivity contribution in [2.45, 2.75) is 24.0 Å². The first-order chi connectivity index (χ1) is 12.2. The van der Waals surface area contributed by atoms with Gasteiger partial charge in [0.15, 0.2) is 5.58 Å². The fourth-order valence-corrected chi connectivity index (χ4v) is 3.61. The number of hydrogen-bond donors (Lipinski definition) is 2. The number of aromatic nitrogens is 1. The van der Waals surface area contributed by atoms with Crippen LogP contribution in [0.15, 0.2) is 50.9 Å². The minimum atomic E-state index is -3.85. The maximum Gasteiger partial charge on any atom is 0.257 e. The van der Waals surface area contributed by atoms with Crippen LogP contribution >= 0.6 is 11.8 Å². The number of rotatable bonds is 5. The Balaban J connectivity index is 1.72. The first kappa shape index (κ1) is 18.4. The van der Waals surface area contributed by atoms with E-state index in [9.17, 15) is 13.2 Å². The molecule has 0 bridgehead atoms. The number of para-hydroxylation sites is 2. The number of carbonyl (C=O) groups excluding carboxylic acids is 1. The maximum absolute atomic E-state index is 12.2. The molecule has 0 saturated heterocycles. The van der Waals surface area contributed by atoms with Crippen LogP contribution < -0.4 is 10.5 Å². The summed E-state index contributed by atoms with van der Waals surface area (Å²) in [7, 11) is -3.85. The Morgan fingerprint density at radius 3 is 2.69 bits per heavy atom. The zero-order valence-electron chi connectivity index (χ0n) is 14.1. The fourth-order valence-electron chi connectivity index (χ4n) is 2.35. The standard InChI is InChI=1S/C17H17N3O4S2/c1-10-7-12(26(18,22)23)8-14(11(10)2)19-16(21)9-25-17-20-13-5-3-4-6-15(13)24-17/h3-8H,9H2,1-2H3,(H,19,21)(H2,18,22,23). The highest BCUT2D eigenvalue weighted by molar-refractivity contribution is 7.99. The van der Waals surface area contributed by atoms with Crippen molar-refractivity contribution in [2.75, 3.05) is 11.1 Å². The van der Waals surface area contributed by atoms with Crippen molar-refractivity contribution in [1.82, 2.24) is 4.98 Å². The zero-order valence-corrected chi connectivity index (χ0v) is 15.8. The van der Waals surface area contributed by atoms with E-state index in [2.05, 4.69) is 10.3 Å². The lowest BCUT2D eigenvalue weighted by Crippen LogP contribution is -2.17. The second-order valence-corrected chi connectivity index (χ2v) is 8.23. The van der Waals surface area contributed by atoms with Crippen molar-refractivity contribution in [3.8, 4) is 0 Å². The van der Waals surface area contributed by atoms with Gasteiger partial charge in [-0.2, -0.15) is 0 Å². The summed E-state index contributed by atoms with van der Waals surface area (Å²) in [5.41, 5.74) is 3.29. The number of fused-ring (bicyclic) bond motifs is 1. The molecule has 0 aliphatic carbocycles. The topological polar surface area (TPSA) is 115 Å². The Kier molecular flexibility index (Phi) is 5.03. The summed E-state index contributed by atoms with van der Waals surface area (Å²) in [5.74, 6) is -0.225. The smallest absolute Gasteiger partial charge is 0.257 e. The van der Waals surface area contributed by atoms with Gasteiger partial charge < -0.3 is 9.73 Å². The third-order valence-electron chi connectivity index (χ3n) is 3.84. The number of nitrogens with zero attached hydrogens (tertiary/aromatic N) is 1. The third-order valence-corrected chi connectivity index (χ3v) is 5.57. The van der Waals surface area contributed by atoms with E-state index in [-0.39, 0.29) is 16.6 Å². The van der Waals surface area contributed by atoms with Gasteiger partial charge in [-0.3, -0.25) is 4.79 Å². The number of nitrogens with one attached hydrogen (secondary N) is 1. The number of primary sulfonamides is 1. The third kappa shape index (κ3) is 4.06. The number of benzene rings is 2. The van der Waals surface area contributed by atoms with Crippen molar-refractivity contribution in [2.24, 2.45) is 5.14 Å². The Morgan fingerprint density at radius 1 is 1.27 bits per heavy atom. The zero-order chi connectivity index (χ0) is 18.9. The van der Waals surface area contributed by atoms with Crippen LogP contribution in [0.1, 0.15) is 11.1 Å². The van der Waals surface area contributed by atoms with Crippen LogP contribution in [0.3, 0.4) is 0 Å². The molecule has 1 amide bonds. The highest BCUT2D eigenvalue weighted by Crippen LogP contribution is 2.25. The summed E-state index contributed by atoms with van der Waals surface area (Å²) in [6.45, 7) is 3.55. The van der Waals surface area contributed by atoms with Gasteiger partial charge in [0, 0.05) is 5.69 Å². The number of amides is 1. The van der Waals surface area contributed by atoms with Crippen LogP contribution in [0.5, 0.6) is 0 Å². The molecule has 7 nitrogen and oxygen atoms in total. The van der Waals surface area contributed by atoms with Crippen LogP contribution in [-0.2, 0) is 14.8 Å². The van der Waals surface area contributed by atoms with Crippen molar-refractivity contribution in [3.63, 3.8) is 0 Å². The normalized spacial score (nSPS) is 11.7. The summed E-state index contributed by atoms with van der Waals surface area (Å²) in [4.78, 5) is 16.5. The summed E-state index contributed by atoms with van der Waals surface area (Å²) < 4.78 is 28.7. The van der Waals surface area contributed by atoms with Crippen LogP contribution in [0.25, 0.3) is 11.1 Å². The molecular weight excluding hydrogens is 374 g/mol. The Bertz CT molecular complexity index is 1060. The van der Waals surface area contributed by atoms with Crippen molar-refractivity contribution in [3.05, 3.63) is 47.5 Å². The summed E-state index contributed by atoms with van der Waals surface area (Å²) in [6, 6.07) is 10.2. The van der Waals surface area contributed by atoms with E-state index in [1.165, 1.54) is 12.1 Å². The lowest BCUT2D eigenvalue weighted by Gasteiger charge is -2.12. The number of nitrogens with two attached hydrogens (primary N) is 1. The number of anilines is 1. The molecule has 136 valence electrons. The van der Waals surface area contributed by atoms with Gasteiger partial charge in [-0.1, -0.05) is 23.9 Å². The van der Waals surface area contributed by atoms with Gasteiger partial charge in [0.05, 0.1) is 10.6 Å². The second kappa shape index (κ2) is 7.10. The number of oxazole rings is 1. The molecule has 3 aromatic rings. The first-order valence-electron chi connectivity index (χ1n) is 7.66. The molecule has 1 aromatic heterocycles. The van der Waals surface area contributed by atoms with Gasteiger partial charge in [-0.05, 0) is 49.2 Å². The van der Waals surface area contributed by atoms with E-state index < -0.39 is 10.0 Å². The highest BCUT2D eigenvalue weighted by Gasteiger charge is 2.15. The van der Waals surface area contributed by atoms with Gasteiger partial charge in [-0.25, -0.2) is 18.5 Å². The van der Waals surface area contributed by atoms with Gasteiger partial charge in [0.2, 0.25) is 15.9 Å². The van der Waals surface area contributed by atoms with Crippen molar-refractivity contribution in [1.29, 1.82) is 0 Å². The number of thioether (sulfide) groups is 1. The molecule has 0 atom stereocenters. The van der Waals surface area contributed by atoms with Crippen molar-refractivity contribution < 1.29 is 17.6 Å². The molecule has 0 radical (unpaired) electrons. The Labute approximate surface area is 155 Å². The van der Waals surface area contributed by atoms with Gasteiger partial charge >= 0.3 is 0 Å². The molecular formula is C17H17N3O4S2. The van der Waals surface area contributed by atoms with Crippen LogP contribution in [0.4, 0.5) is 5.69 Å². The van der Waals surface area contributed by atoms with Crippen LogP contribution in [-0.4, -0.2) is 25.1 Å². The lowest BCUT2D eigenvalue weighted by molar-refractivity contribution is -0.113. The summed E-state index contributed by atoms with van der Waals surface area (Å²) >= 11 is 1.16. The second-order valence-electron chi connectivity index (χ2n) is 5.74. The van der Waals surface area contributed by atoms with E-state index in [0.717, 1.165) is 28.4 Å². The van der Waals surface area contributed by atoms with Gasteiger partial charge in [0.1, 0.15) is 5.52 Å². The highest BCUT2D eigenvalue weighted by atomic mass is 32.2. The minimum absolute atomic E-state index is 0.0393.